The highest BCUT2D eigenvalue weighted by Gasteiger charge is 2.20. The molecule has 1 heterocycles. The number of hydrogen-bond donors (Lipinski definition) is 3. The van der Waals surface area contributed by atoms with Crippen LogP contribution in [0.3, 0.4) is 0 Å². The summed E-state index contributed by atoms with van der Waals surface area (Å²) in [5, 5.41) is 2.17. The van der Waals surface area contributed by atoms with Crippen molar-refractivity contribution in [3.05, 3.63) is 29.8 Å². The molecule has 1 aromatic carbocycles. The zero-order valence-electron chi connectivity index (χ0n) is 10.4. The molecule has 0 unspecified atom stereocenters. The number of nitrogens with one attached hydrogen (secondary N) is 1. The van der Waals surface area contributed by atoms with Crippen molar-refractivity contribution in [3.63, 3.8) is 0 Å². The second-order valence-electron chi connectivity index (χ2n) is 3.81. The molecule has 13 heteroatoms. The Kier molecular flexibility index (Phi) is 4.30. The summed E-state index contributed by atoms with van der Waals surface area (Å²) in [6, 6.07) is 2.39. The Bertz CT molecular complexity index is 931. The van der Waals surface area contributed by atoms with Crippen LogP contribution in [-0.2, 0) is 20.2 Å². The molecule has 0 saturated heterocycles. The third-order valence-corrected chi connectivity index (χ3v) is 4.26. The van der Waals surface area contributed by atoms with Gasteiger partial charge in [-0.2, -0.15) is 21.8 Å². The van der Waals surface area contributed by atoms with E-state index in [4.69, 9.17) is 20.7 Å². The highest BCUT2D eigenvalue weighted by atomic mass is 35.5. The standard InChI is InChI=1S/C9H7ClN4O6S2/c10-8-11-4-12-9(14-8)13-6-3-5(21(15,16)17)1-2-7(6)22(18,19)20/h1-4H,(H,15,16,17)(H,18,19,20)(H,11,12,13,14). The molecule has 0 aliphatic rings. The number of benzene rings is 1. The molecule has 0 spiro atoms. The minimum Gasteiger partial charge on any atom is -0.323 e. The van der Waals surface area contributed by atoms with E-state index in [1.54, 1.807) is 0 Å². The fraction of sp³-hybridized carbons (Fsp3) is 0. The first kappa shape index (κ1) is 16.5. The molecule has 0 fully saturated rings. The van der Waals surface area contributed by atoms with E-state index < -0.39 is 30.0 Å². The summed E-state index contributed by atoms with van der Waals surface area (Å²) >= 11 is 5.54. The molecule has 22 heavy (non-hydrogen) atoms. The van der Waals surface area contributed by atoms with Crippen molar-refractivity contribution in [2.24, 2.45) is 0 Å². The Morgan fingerprint density at radius 3 is 2.27 bits per heavy atom. The van der Waals surface area contributed by atoms with E-state index in [2.05, 4.69) is 20.3 Å². The first-order chi connectivity index (χ1) is 10.1. The fourth-order valence-electron chi connectivity index (χ4n) is 1.45. The van der Waals surface area contributed by atoms with Crippen molar-refractivity contribution in [1.82, 2.24) is 15.0 Å². The van der Waals surface area contributed by atoms with Crippen molar-refractivity contribution >= 4 is 43.5 Å². The van der Waals surface area contributed by atoms with Gasteiger partial charge in [-0.25, -0.2) is 9.97 Å². The lowest BCUT2D eigenvalue weighted by molar-refractivity contribution is 0.479. The van der Waals surface area contributed by atoms with Gasteiger partial charge >= 0.3 is 0 Å². The molecule has 3 N–H and O–H groups in total. The third kappa shape index (κ3) is 3.86. The van der Waals surface area contributed by atoms with Crippen LogP contribution in [0.2, 0.25) is 5.28 Å². The number of hydrogen-bond acceptors (Lipinski definition) is 8. The van der Waals surface area contributed by atoms with Gasteiger partial charge in [-0.3, -0.25) is 9.11 Å². The van der Waals surface area contributed by atoms with Gasteiger partial charge in [0.25, 0.3) is 20.2 Å². The van der Waals surface area contributed by atoms with Crippen LogP contribution in [0.15, 0.2) is 34.3 Å². The fourth-order valence-corrected chi connectivity index (χ4v) is 2.71. The summed E-state index contributed by atoms with van der Waals surface area (Å²) in [6.45, 7) is 0. The van der Waals surface area contributed by atoms with E-state index in [1.165, 1.54) is 0 Å². The van der Waals surface area contributed by atoms with Crippen LogP contribution in [-0.4, -0.2) is 40.9 Å². The van der Waals surface area contributed by atoms with Crippen LogP contribution < -0.4 is 5.32 Å². The molecule has 10 nitrogen and oxygen atoms in total. The largest absolute Gasteiger partial charge is 0.323 e. The molecule has 2 aromatic rings. The molecular weight excluding hydrogens is 360 g/mol. The Morgan fingerprint density at radius 2 is 1.73 bits per heavy atom. The van der Waals surface area contributed by atoms with E-state index in [0.29, 0.717) is 0 Å². The van der Waals surface area contributed by atoms with Gasteiger partial charge in [0.2, 0.25) is 11.2 Å². The van der Waals surface area contributed by atoms with Gasteiger partial charge in [0.15, 0.2) is 0 Å². The van der Waals surface area contributed by atoms with Gasteiger partial charge in [-0.05, 0) is 29.8 Å². The molecule has 0 bridgehead atoms. The normalized spacial score (nSPS) is 12.1. The maximum Gasteiger partial charge on any atom is 0.296 e. The van der Waals surface area contributed by atoms with Crippen LogP contribution in [0.1, 0.15) is 0 Å². The van der Waals surface area contributed by atoms with E-state index in [0.717, 1.165) is 24.5 Å². The van der Waals surface area contributed by atoms with Crippen LogP contribution in [0.4, 0.5) is 11.6 Å². The average Bonchev–Trinajstić information content (AvgIpc) is 2.36. The van der Waals surface area contributed by atoms with Gasteiger partial charge in [0.05, 0.1) is 10.6 Å². The number of nitrogens with zero attached hydrogens (tertiary/aromatic N) is 3. The molecule has 118 valence electrons. The summed E-state index contributed by atoms with van der Waals surface area (Å²) in [4.78, 5) is 9.54. The lowest BCUT2D eigenvalue weighted by Gasteiger charge is -2.10. The predicted octanol–water partition coefficient (Wildman–Crippen LogP) is 0.762. The lowest BCUT2D eigenvalue weighted by atomic mass is 10.3. The zero-order valence-corrected chi connectivity index (χ0v) is 12.8. The van der Waals surface area contributed by atoms with Crippen molar-refractivity contribution in [1.29, 1.82) is 0 Å². The first-order valence-electron chi connectivity index (χ1n) is 5.28. The first-order valence-corrected chi connectivity index (χ1v) is 8.54. The van der Waals surface area contributed by atoms with Crippen molar-refractivity contribution in [2.75, 3.05) is 5.32 Å². The average molecular weight is 367 g/mol. The second-order valence-corrected chi connectivity index (χ2v) is 6.96. The third-order valence-electron chi connectivity index (χ3n) is 2.32. The molecule has 0 amide bonds. The molecule has 1 aromatic heterocycles. The maximum absolute atomic E-state index is 11.3. The molecule has 0 radical (unpaired) electrons. The summed E-state index contributed by atoms with van der Waals surface area (Å²) in [5.74, 6) is -0.197. The van der Waals surface area contributed by atoms with E-state index in [1.807, 2.05) is 0 Å². The molecule has 0 atom stereocenters. The van der Waals surface area contributed by atoms with E-state index >= 15 is 0 Å². The Labute approximate surface area is 129 Å². The monoisotopic (exact) mass is 366 g/mol. The van der Waals surface area contributed by atoms with Crippen LogP contribution in [0.25, 0.3) is 0 Å². The van der Waals surface area contributed by atoms with Gasteiger partial charge in [-0.1, -0.05) is 0 Å². The Hall–Kier alpha value is -1.86. The molecular formula is C9H7ClN4O6S2. The predicted molar refractivity (Wildman–Crippen MR) is 74.2 cm³/mol. The quantitative estimate of drug-likeness (QED) is 0.659. The molecule has 2 rings (SSSR count). The second kappa shape index (κ2) is 5.73. The lowest BCUT2D eigenvalue weighted by Crippen LogP contribution is -2.07. The van der Waals surface area contributed by atoms with E-state index in [9.17, 15) is 16.8 Å². The summed E-state index contributed by atoms with van der Waals surface area (Å²) in [6.07, 6.45) is 1.03. The van der Waals surface area contributed by atoms with E-state index in [-0.39, 0.29) is 16.9 Å². The SMILES string of the molecule is O=S(=O)(O)c1ccc(S(=O)(=O)O)c(Nc2ncnc(Cl)n2)c1. The molecule has 0 aliphatic heterocycles. The van der Waals surface area contributed by atoms with Gasteiger partial charge in [0.1, 0.15) is 11.2 Å². The smallest absolute Gasteiger partial charge is 0.296 e. The summed E-state index contributed by atoms with van der Waals surface area (Å²) in [5.41, 5.74) is -0.375. The van der Waals surface area contributed by atoms with Crippen LogP contribution in [0, 0.1) is 0 Å². The summed E-state index contributed by atoms with van der Waals surface area (Å²) in [7, 11) is -9.25. The van der Waals surface area contributed by atoms with Gasteiger partial charge in [0, 0.05) is 0 Å². The number of halogens is 1. The number of anilines is 2. The minimum absolute atomic E-state index is 0.197. The summed E-state index contributed by atoms with van der Waals surface area (Å²) < 4.78 is 62.9. The molecule has 0 aliphatic carbocycles. The maximum atomic E-state index is 11.3. The van der Waals surface area contributed by atoms with Crippen LogP contribution >= 0.6 is 11.6 Å². The highest BCUT2D eigenvalue weighted by Crippen LogP contribution is 2.26. The van der Waals surface area contributed by atoms with Crippen molar-refractivity contribution in [3.8, 4) is 0 Å². The van der Waals surface area contributed by atoms with Gasteiger partial charge in [-0.15, -0.1) is 0 Å². The zero-order chi connectivity index (χ0) is 16.5. The Morgan fingerprint density at radius 1 is 1.05 bits per heavy atom. The topological polar surface area (TPSA) is 159 Å². The van der Waals surface area contributed by atoms with Crippen molar-refractivity contribution < 1.29 is 25.9 Å². The van der Waals surface area contributed by atoms with Gasteiger partial charge < -0.3 is 5.32 Å². The number of rotatable bonds is 4. The molecule has 0 saturated carbocycles. The van der Waals surface area contributed by atoms with Crippen LogP contribution in [0.5, 0.6) is 0 Å². The number of aromatic nitrogens is 3. The Balaban J connectivity index is 2.60. The minimum atomic E-state index is -4.67. The van der Waals surface area contributed by atoms with Crippen molar-refractivity contribution in [2.45, 2.75) is 9.79 Å². The highest BCUT2D eigenvalue weighted by molar-refractivity contribution is 7.86.